The van der Waals surface area contributed by atoms with Crippen molar-refractivity contribution in [3.05, 3.63) is 79.4 Å². The fourth-order valence-corrected chi connectivity index (χ4v) is 3.36. The first-order chi connectivity index (χ1) is 13.4. The highest BCUT2D eigenvalue weighted by Crippen LogP contribution is 2.23. The van der Waals surface area contributed by atoms with E-state index in [2.05, 4.69) is 4.90 Å². The van der Waals surface area contributed by atoms with E-state index in [4.69, 9.17) is 0 Å². The van der Waals surface area contributed by atoms with E-state index in [-0.39, 0.29) is 17.3 Å². The minimum absolute atomic E-state index is 0.0600. The van der Waals surface area contributed by atoms with Crippen molar-refractivity contribution in [1.82, 2.24) is 9.80 Å². The zero-order valence-electron chi connectivity index (χ0n) is 15.4. The molecule has 0 unspecified atom stereocenters. The van der Waals surface area contributed by atoms with Gasteiger partial charge in [-0.2, -0.15) is 0 Å². The van der Waals surface area contributed by atoms with Crippen LogP contribution in [-0.2, 0) is 6.54 Å². The monoisotopic (exact) mass is 384 g/mol. The van der Waals surface area contributed by atoms with E-state index in [1.807, 2.05) is 6.07 Å². The van der Waals surface area contributed by atoms with Crippen LogP contribution in [0.5, 0.6) is 0 Å². The number of amides is 1. The summed E-state index contributed by atoms with van der Waals surface area (Å²) >= 11 is 0. The molecule has 0 saturated carbocycles. The van der Waals surface area contributed by atoms with Gasteiger partial charge in [0.15, 0.2) is 0 Å². The molecule has 1 aliphatic rings. The van der Waals surface area contributed by atoms with Gasteiger partial charge in [0, 0.05) is 62.0 Å². The number of piperazine rings is 1. The largest absolute Gasteiger partial charge is 0.336 e. The van der Waals surface area contributed by atoms with Gasteiger partial charge in [0.1, 0.15) is 0 Å². The average molecular weight is 384 g/mol. The molecule has 0 aliphatic carbocycles. The number of carbonyl (C=O) groups excluding carboxylic acids is 1. The molecule has 1 aliphatic heterocycles. The average Bonchev–Trinajstić information content (AvgIpc) is 2.68. The third-order valence-corrected chi connectivity index (χ3v) is 4.92. The first-order valence-electron chi connectivity index (χ1n) is 8.86. The molecule has 3 rings (SSSR count). The van der Waals surface area contributed by atoms with Crippen molar-refractivity contribution < 1.29 is 14.6 Å². The number of hydrogen-bond acceptors (Lipinski definition) is 6. The third kappa shape index (κ3) is 4.15. The molecule has 9 heteroatoms. The Labute approximate surface area is 161 Å². The smallest absolute Gasteiger partial charge is 0.273 e. The Kier molecular flexibility index (Phi) is 5.65. The van der Waals surface area contributed by atoms with Crippen molar-refractivity contribution >= 4 is 17.3 Å². The lowest BCUT2D eigenvalue weighted by atomic mass is 10.1. The minimum atomic E-state index is -0.483. The molecule has 0 radical (unpaired) electrons. The highest BCUT2D eigenvalue weighted by atomic mass is 16.6. The van der Waals surface area contributed by atoms with Gasteiger partial charge in [-0.25, -0.2) is 0 Å². The van der Waals surface area contributed by atoms with Gasteiger partial charge in [-0.05, 0) is 18.6 Å². The Bertz CT molecular complexity index is 922. The highest BCUT2D eigenvalue weighted by Gasteiger charge is 2.25. The van der Waals surface area contributed by atoms with E-state index >= 15 is 0 Å². The molecule has 0 N–H and O–H groups in total. The van der Waals surface area contributed by atoms with E-state index in [9.17, 15) is 25.0 Å². The predicted octanol–water partition coefficient (Wildman–Crippen LogP) is 2.77. The summed E-state index contributed by atoms with van der Waals surface area (Å²) < 4.78 is 0. The number of nitro benzene ring substituents is 2. The second-order valence-electron chi connectivity index (χ2n) is 6.70. The molecule has 0 aromatic heterocycles. The van der Waals surface area contributed by atoms with Crippen LogP contribution in [-0.4, -0.2) is 51.7 Å². The summed E-state index contributed by atoms with van der Waals surface area (Å²) in [5.74, 6) is -0.212. The summed E-state index contributed by atoms with van der Waals surface area (Å²) in [5, 5.41) is 22.0. The zero-order valence-corrected chi connectivity index (χ0v) is 15.4. The number of benzene rings is 2. The van der Waals surface area contributed by atoms with Crippen LogP contribution in [0.1, 0.15) is 21.5 Å². The molecule has 0 atom stereocenters. The number of rotatable bonds is 5. The summed E-state index contributed by atoms with van der Waals surface area (Å²) in [6.45, 7) is 4.40. The van der Waals surface area contributed by atoms with Crippen LogP contribution in [0.15, 0.2) is 42.5 Å². The molecule has 0 spiro atoms. The Morgan fingerprint density at radius 1 is 1.00 bits per heavy atom. The number of nitrogens with zero attached hydrogens (tertiary/aromatic N) is 4. The predicted molar refractivity (Wildman–Crippen MR) is 102 cm³/mol. The van der Waals surface area contributed by atoms with Crippen molar-refractivity contribution in [1.29, 1.82) is 0 Å². The maximum Gasteiger partial charge on any atom is 0.273 e. The molecule has 2 aromatic carbocycles. The molecular weight excluding hydrogens is 364 g/mol. The lowest BCUT2D eigenvalue weighted by Gasteiger charge is -2.35. The molecule has 1 amide bonds. The fourth-order valence-electron chi connectivity index (χ4n) is 3.36. The van der Waals surface area contributed by atoms with Crippen LogP contribution in [0.25, 0.3) is 0 Å². The summed E-state index contributed by atoms with van der Waals surface area (Å²) in [6.07, 6.45) is 0. The number of nitro groups is 2. The standard InChI is InChI=1S/C19H20N4O5/c1-14-17(6-3-7-18(14)23(27)28)19(24)21-10-8-20(9-11-21)13-15-4-2-5-16(12-15)22(25)26/h2-7,12H,8-11,13H2,1H3. The molecule has 1 fully saturated rings. The normalized spacial score (nSPS) is 14.7. The molecule has 2 aromatic rings. The van der Waals surface area contributed by atoms with E-state index in [1.54, 1.807) is 30.0 Å². The molecule has 28 heavy (non-hydrogen) atoms. The van der Waals surface area contributed by atoms with Crippen LogP contribution in [0.3, 0.4) is 0 Å². The highest BCUT2D eigenvalue weighted by molar-refractivity contribution is 5.96. The molecule has 146 valence electrons. The quantitative estimate of drug-likeness (QED) is 0.579. The van der Waals surface area contributed by atoms with Crippen LogP contribution in [0.2, 0.25) is 0 Å². The van der Waals surface area contributed by atoms with Gasteiger partial charge in [-0.15, -0.1) is 0 Å². The molecular formula is C19H20N4O5. The van der Waals surface area contributed by atoms with Crippen molar-refractivity contribution in [3.8, 4) is 0 Å². The zero-order chi connectivity index (χ0) is 20.3. The fraction of sp³-hybridized carbons (Fsp3) is 0.316. The Morgan fingerprint density at radius 2 is 1.68 bits per heavy atom. The van der Waals surface area contributed by atoms with Crippen molar-refractivity contribution in [3.63, 3.8) is 0 Å². The second kappa shape index (κ2) is 8.13. The van der Waals surface area contributed by atoms with Crippen LogP contribution in [0, 0.1) is 27.2 Å². The summed E-state index contributed by atoms with van der Waals surface area (Å²) in [5.41, 5.74) is 1.57. The number of non-ortho nitro benzene ring substituents is 1. The van der Waals surface area contributed by atoms with E-state index in [0.717, 1.165) is 5.56 Å². The van der Waals surface area contributed by atoms with Gasteiger partial charge in [0.05, 0.1) is 9.85 Å². The Balaban J connectivity index is 1.63. The van der Waals surface area contributed by atoms with Crippen molar-refractivity contribution in [2.45, 2.75) is 13.5 Å². The van der Waals surface area contributed by atoms with Crippen molar-refractivity contribution in [2.75, 3.05) is 26.2 Å². The molecule has 9 nitrogen and oxygen atoms in total. The second-order valence-corrected chi connectivity index (χ2v) is 6.70. The van der Waals surface area contributed by atoms with E-state index in [1.165, 1.54) is 18.2 Å². The Morgan fingerprint density at radius 3 is 2.32 bits per heavy atom. The molecule has 1 heterocycles. The van der Waals surface area contributed by atoms with Crippen LogP contribution >= 0.6 is 0 Å². The van der Waals surface area contributed by atoms with Gasteiger partial charge >= 0.3 is 0 Å². The maximum atomic E-state index is 12.8. The summed E-state index contributed by atoms with van der Waals surface area (Å²) in [4.78, 5) is 37.7. The Hall–Kier alpha value is -3.33. The van der Waals surface area contributed by atoms with Gasteiger partial charge in [-0.3, -0.25) is 29.9 Å². The minimum Gasteiger partial charge on any atom is -0.336 e. The molecule has 1 saturated heterocycles. The number of carbonyl (C=O) groups is 1. The summed E-state index contributed by atoms with van der Waals surface area (Å²) in [6, 6.07) is 11.1. The van der Waals surface area contributed by atoms with Gasteiger partial charge in [0.25, 0.3) is 17.3 Å². The summed E-state index contributed by atoms with van der Waals surface area (Å²) in [7, 11) is 0. The van der Waals surface area contributed by atoms with Crippen molar-refractivity contribution in [2.24, 2.45) is 0 Å². The SMILES string of the molecule is Cc1c(C(=O)N2CCN(Cc3cccc([N+](=O)[O-])c3)CC2)cccc1[N+](=O)[O-]. The van der Waals surface area contributed by atoms with Crippen LogP contribution < -0.4 is 0 Å². The van der Waals surface area contributed by atoms with Crippen LogP contribution in [0.4, 0.5) is 11.4 Å². The van der Waals surface area contributed by atoms with Gasteiger partial charge in [-0.1, -0.05) is 18.2 Å². The lowest BCUT2D eigenvalue weighted by Crippen LogP contribution is -2.48. The topological polar surface area (TPSA) is 110 Å². The van der Waals surface area contributed by atoms with Gasteiger partial charge in [0.2, 0.25) is 0 Å². The lowest BCUT2D eigenvalue weighted by molar-refractivity contribution is -0.385. The first kappa shape index (κ1) is 19.4. The van der Waals surface area contributed by atoms with E-state index < -0.39 is 9.85 Å². The third-order valence-electron chi connectivity index (χ3n) is 4.92. The molecule has 0 bridgehead atoms. The first-order valence-corrected chi connectivity index (χ1v) is 8.86. The number of hydrogen-bond donors (Lipinski definition) is 0. The van der Waals surface area contributed by atoms with E-state index in [0.29, 0.717) is 43.9 Å². The van der Waals surface area contributed by atoms with Gasteiger partial charge < -0.3 is 4.90 Å². The maximum absolute atomic E-state index is 12.8.